The Bertz CT molecular complexity index is 1300. The number of halogens is 2. The second kappa shape index (κ2) is 11.1. The number of likely N-dealkylation sites (N-methyl/N-ethyl adjacent to an activating group) is 1. The number of sulfonamides is 1. The van der Waals surface area contributed by atoms with Crippen LogP contribution in [0.4, 0.5) is 20.2 Å². The van der Waals surface area contributed by atoms with Crippen LogP contribution in [0.3, 0.4) is 0 Å². The highest BCUT2D eigenvalue weighted by atomic mass is 32.2. The Morgan fingerprint density at radius 2 is 1.49 bits per heavy atom. The first-order chi connectivity index (χ1) is 16.7. The molecule has 3 aromatic rings. The molecular weight excluding hydrogens is 476 g/mol. The molecule has 0 aliphatic heterocycles. The Labute approximate surface area is 203 Å². The van der Waals surface area contributed by atoms with Gasteiger partial charge in [0.15, 0.2) is 0 Å². The molecule has 0 aromatic heterocycles. The SMILES string of the molecule is CCN(CC(=O)Nc1c(F)cccc1F)C(=O)c1cccc(S(=O)(=O)N(CC)c2ccccc2)c1. The van der Waals surface area contributed by atoms with E-state index in [-0.39, 0.29) is 23.5 Å². The van der Waals surface area contributed by atoms with E-state index < -0.39 is 45.7 Å². The van der Waals surface area contributed by atoms with Crippen molar-refractivity contribution >= 4 is 33.2 Å². The van der Waals surface area contributed by atoms with Gasteiger partial charge >= 0.3 is 0 Å². The van der Waals surface area contributed by atoms with Crippen molar-refractivity contribution in [3.8, 4) is 0 Å². The number of hydrogen-bond donors (Lipinski definition) is 1. The lowest BCUT2D eigenvalue weighted by atomic mass is 10.2. The zero-order chi connectivity index (χ0) is 25.6. The second-order valence-corrected chi connectivity index (χ2v) is 9.36. The molecule has 0 heterocycles. The summed E-state index contributed by atoms with van der Waals surface area (Å²) in [4.78, 5) is 26.5. The van der Waals surface area contributed by atoms with E-state index in [2.05, 4.69) is 5.32 Å². The van der Waals surface area contributed by atoms with Gasteiger partial charge in [0.2, 0.25) is 5.91 Å². The maximum atomic E-state index is 13.8. The maximum Gasteiger partial charge on any atom is 0.264 e. The van der Waals surface area contributed by atoms with Gasteiger partial charge in [-0.3, -0.25) is 13.9 Å². The third-order valence-electron chi connectivity index (χ3n) is 5.23. The average molecular weight is 502 g/mol. The third-order valence-corrected chi connectivity index (χ3v) is 7.13. The number of nitrogens with zero attached hydrogens (tertiary/aromatic N) is 2. The molecule has 0 aliphatic rings. The normalized spacial score (nSPS) is 11.1. The van der Waals surface area contributed by atoms with Crippen molar-refractivity contribution in [1.82, 2.24) is 4.90 Å². The zero-order valence-corrected chi connectivity index (χ0v) is 20.1. The van der Waals surface area contributed by atoms with E-state index >= 15 is 0 Å². The maximum absolute atomic E-state index is 13.8. The van der Waals surface area contributed by atoms with Crippen molar-refractivity contribution in [2.24, 2.45) is 0 Å². The highest BCUT2D eigenvalue weighted by molar-refractivity contribution is 7.92. The van der Waals surface area contributed by atoms with Crippen molar-refractivity contribution in [3.63, 3.8) is 0 Å². The fraction of sp³-hybridized carbons (Fsp3) is 0.200. The van der Waals surface area contributed by atoms with Crippen LogP contribution in [0.25, 0.3) is 0 Å². The van der Waals surface area contributed by atoms with Gasteiger partial charge in [0.1, 0.15) is 23.9 Å². The summed E-state index contributed by atoms with van der Waals surface area (Å²) in [6.07, 6.45) is 0. The molecule has 0 unspecified atom stereocenters. The zero-order valence-electron chi connectivity index (χ0n) is 19.2. The van der Waals surface area contributed by atoms with Crippen molar-refractivity contribution in [3.05, 3.63) is 90.0 Å². The standard InChI is InChI=1S/C25H25F2N3O4S/c1-3-29(17-23(31)28-24-21(26)14-9-15-22(24)27)25(32)18-10-8-13-20(16-18)35(33,34)30(4-2)19-11-6-5-7-12-19/h5-16H,3-4,17H2,1-2H3,(H,28,31). The van der Waals surface area contributed by atoms with Crippen LogP contribution in [0.15, 0.2) is 77.7 Å². The molecule has 184 valence electrons. The molecule has 0 saturated heterocycles. The lowest BCUT2D eigenvalue weighted by molar-refractivity contribution is -0.116. The Morgan fingerprint density at radius 1 is 0.857 bits per heavy atom. The smallest absolute Gasteiger partial charge is 0.264 e. The molecule has 0 radical (unpaired) electrons. The van der Waals surface area contributed by atoms with E-state index in [0.717, 1.165) is 17.0 Å². The number of anilines is 2. The largest absolute Gasteiger partial charge is 0.330 e. The van der Waals surface area contributed by atoms with E-state index in [1.807, 2.05) is 0 Å². The Kier molecular flexibility index (Phi) is 8.18. The monoisotopic (exact) mass is 501 g/mol. The molecule has 35 heavy (non-hydrogen) atoms. The first kappa shape index (κ1) is 25.8. The Balaban J connectivity index is 1.82. The number of para-hydroxylation sites is 2. The van der Waals surface area contributed by atoms with Crippen LogP contribution < -0.4 is 9.62 Å². The van der Waals surface area contributed by atoms with Gasteiger partial charge in [-0.15, -0.1) is 0 Å². The summed E-state index contributed by atoms with van der Waals surface area (Å²) in [5.74, 6) is -3.28. The molecule has 7 nitrogen and oxygen atoms in total. The van der Waals surface area contributed by atoms with E-state index in [4.69, 9.17) is 0 Å². The lowest BCUT2D eigenvalue weighted by Crippen LogP contribution is -2.38. The number of benzene rings is 3. The summed E-state index contributed by atoms with van der Waals surface area (Å²) in [6, 6.07) is 17.3. The van der Waals surface area contributed by atoms with Crippen LogP contribution in [-0.2, 0) is 14.8 Å². The predicted octanol–water partition coefficient (Wildman–Crippen LogP) is 4.28. The minimum atomic E-state index is -3.97. The number of hydrogen-bond acceptors (Lipinski definition) is 4. The van der Waals surface area contributed by atoms with E-state index in [1.165, 1.54) is 34.6 Å². The molecule has 3 rings (SSSR count). The average Bonchev–Trinajstić information content (AvgIpc) is 2.85. The van der Waals surface area contributed by atoms with Crippen molar-refractivity contribution in [2.45, 2.75) is 18.7 Å². The Hall–Kier alpha value is -3.79. The number of carbonyl (C=O) groups excluding carboxylic acids is 2. The summed E-state index contributed by atoms with van der Waals surface area (Å²) >= 11 is 0. The van der Waals surface area contributed by atoms with Crippen LogP contribution in [0.2, 0.25) is 0 Å². The van der Waals surface area contributed by atoms with Gasteiger partial charge in [0, 0.05) is 18.7 Å². The van der Waals surface area contributed by atoms with Gasteiger partial charge in [0.05, 0.1) is 10.6 Å². The molecule has 0 spiro atoms. The summed E-state index contributed by atoms with van der Waals surface area (Å²) in [5.41, 5.74) is -0.0597. The minimum absolute atomic E-state index is 0.0573. The fourth-order valence-electron chi connectivity index (χ4n) is 3.48. The van der Waals surface area contributed by atoms with Crippen LogP contribution in [-0.4, -0.2) is 44.8 Å². The lowest BCUT2D eigenvalue weighted by Gasteiger charge is -2.24. The summed E-state index contributed by atoms with van der Waals surface area (Å²) in [6.45, 7) is 3.14. The topological polar surface area (TPSA) is 86.8 Å². The first-order valence-corrected chi connectivity index (χ1v) is 12.3. The van der Waals surface area contributed by atoms with E-state index in [1.54, 1.807) is 44.2 Å². The number of carbonyl (C=O) groups is 2. The van der Waals surface area contributed by atoms with Gasteiger partial charge in [-0.05, 0) is 56.3 Å². The van der Waals surface area contributed by atoms with Gasteiger partial charge in [-0.2, -0.15) is 0 Å². The van der Waals surface area contributed by atoms with Crippen LogP contribution >= 0.6 is 0 Å². The number of amides is 2. The van der Waals surface area contributed by atoms with Gasteiger partial charge in [0.25, 0.3) is 15.9 Å². The molecule has 0 aliphatic carbocycles. The molecule has 0 atom stereocenters. The minimum Gasteiger partial charge on any atom is -0.330 e. The molecular formula is C25H25F2N3O4S. The van der Waals surface area contributed by atoms with Gasteiger partial charge in [-0.25, -0.2) is 17.2 Å². The van der Waals surface area contributed by atoms with E-state index in [9.17, 15) is 26.8 Å². The molecule has 0 bridgehead atoms. The molecule has 1 N–H and O–H groups in total. The number of nitrogens with one attached hydrogen (secondary N) is 1. The predicted molar refractivity (Wildman–Crippen MR) is 130 cm³/mol. The van der Waals surface area contributed by atoms with Crippen LogP contribution in [0.1, 0.15) is 24.2 Å². The van der Waals surface area contributed by atoms with Crippen LogP contribution in [0.5, 0.6) is 0 Å². The summed E-state index contributed by atoms with van der Waals surface area (Å²) in [5, 5.41) is 2.14. The van der Waals surface area contributed by atoms with Gasteiger partial charge in [-0.1, -0.05) is 30.3 Å². The number of rotatable bonds is 9. The highest BCUT2D eigenvalue weighted by Crippen LogP contribution is 2.24. The van der Waals surface area contributed by atoms with Crippen molar-refractivity contribution < 1.29 is 26.8 Å². The van der Waals surface area contributed by atoms with Crippen molar-refractivity contribution in [2.75, 3.05) is 29.3 Å². The van der Waals surface area contributed by atoms with Gasteiger partial charge < -0.3 is 10.2 Å². The second-order valence-electron chi connectivity index (χ2n) is 7.50. The quantitative estimate of drug-likeness (QED) is 0.474. The third kappa shape index (κ3) is 5.83. The van der Waals surface area contributed by atoms with Crippen LogP contribution in [0, 0.1) is 11.6 Å². The fourth-order valence-corrected chi connectivity index (χ4v) is 5.00. The molecule has 3 aromatic carbocycles. The molecule has 0 fully saturated rings. The molecule has 10 heteroatoms. The molecule has 0 saturated carbocycles. The van der Waals surface area contributed by atoms with Crippen molar-refractivity contribution in [1.29, 1.82) is 0 Å². The Morgan fingerprint density at radius 3 is 2.09 bits per heavy atom. The highest BCUT2D eigenvalue weighted by Gasteiger charge is 2.26. The molecule has 2 amide bonds. The van der Waals surface area contributed by atoms with E-state index in [0.29, 0.717) is 5.69 Å². The summed E-state index contributed by atoms with van der Waals surface area (Å²) < 4.78 is 55.5. The first-order valence-electron chi connectivity index (χ1n) is 10.9. The summed E-state index contributed by atoms with van der Waals surface area (Å²) in [7, 11) is -3.97.